The van der Waals surface area contributed by atoms with Gasteiger partial charge in [-0.25, -0.2) is 4.79 Å². The monoisotopic (exact) mass is 273 g/mol. The number of benzene rings is 1. The van der Waals surface area contributed by atoms with Gasteiger partial charge in [-0.05, 0) is 32.4 Å². The summed E-state index contributed by atoms with van der Waals surface area (Å²) >= 11 is 0. The van der Waals surface area contributed by atoms with E-state index in [0.717, 1.165) is 0 Å². The molecule has 20 heavy (non-hydrogen) atoms. The maximum atomic E-state index is 11.0. The van der Waals surface area contributed by atoms with Gasteiger partial charge in [-0.1, -0.05) is 29.8 Å². The first-order chi connectivity index (χ1) is 9.47. The van der Waals surface area contributed by atoms with Gasteiger partial charge in [0, 0.05) is 6.04 Å². The lowest BCUT2D eigenvalue weighted by Gasteiger charge is -2.13. The summed E-state index contributed by atoms with van der Waals surface area (Å²) in [5.41, 5.74) is 2.65. The highest BCUT2D eigenvalue weighted by atomic mass is 16.4. The van der Waals surface area contributed by atoms with Crippen LogP contribution in [0.4, 0.5) is 0 Å². The molecule has 0 bridgehead atoms. The number of carboxylic acids is 1. The van der Waals surface area contributed by atoms with Gasteiger partial charge < -0.3 is 14.8 Å². The molecule has 1 aromatic carbocycles. The fourth-order valence-corrected chi connectivity index (χ4v) is 2.15. The Hall–Kier alpha value is -2.07. The van der Waals surface area contributed by atoms with Crippen molar-refractivity contribution in [1.29, 1.82) is 0 Å². The Labute approximate surface area is 118 Å². The van der Waals surface area contributed by atoms with Gasteiger partial charge in [0.2, 0.25) is 0 Å². The van der Waals surface area contributed by atoms with E-state index in [1.165, 1.54) is 11.1 Å². The third kappa shape index (κ3) is 3.27. The fourth-order valence-electron chi connectivity index (χ4n) is 2.15. The molecule has 0 aliphatic heterocycles. The minimum absolute atomic E-state index is 0.175. The van der Waals surface area contributed by atoms with Crippen LogP contribution in [-0.2, 0) is 6.54 Å². The van der Waals surface area contributed by atoms with Gasteiger partial charge in [-0.3, -0.25) is 0 Å². The molecule has 2 rings (SSSR count). The Morgan fingerprint density at radius 3 is 2.70 bits per heavy atom. The molecule has 0 saturated heterocycles. The number of hydrogen-bond donors (Lipinski definition) is 2. The molecule has 2 aromatic rings. The van der Waals surface area contributed by atoms with Gasteiger partial charge in [-0.2, -0.15) is 0 Å². The van der Waals surface area contributed by atoms with Crippen molar-refractivity contribution in [1.82, 2.24) is 5.32 Å². The van der Waals surface area contributed by atoms with Crippen LogP contribution in [0.25, 0.3) is 0 Å². The lowest BCUT2D eigenvalue weighted by Crippen LogP contribution is -2.17. The van der Waals surface area contributed by atoms with Crippen molar-refractivity contribution in [2.24, 2.45) is 0 Å². The molecular formula is C16H19NO3. The van der Waals surface area contributed by atoms with E-state index in [9.17, 15) is 4.79 Å². The SMILES string of the molecule is Cc1cccc([C@@H](C)NCc2cc(C(=O)O)c(C)o2)c1. The highest BCUT2D eigenvalue weighted by molar-refractivity contribution is 5.88. The van der Waals surface area contributed by atoms with Gasteiger partial charge in [0.25, 0.3) is 0 Å². The lowest BCUT2D eigenvalue weighted by molar-refractivity contribution is 0.0695. The van der Waals surface area contributed by atoms with Gasteiger partial charge >= 0.3 is 5.97 Å². The van der Waals surface area contributed by atoms with Crippen LogP contribution in [0.1, 0.15) is 46.0 Å². The maximum Gasteiger partial charge on any atom is 0.339 e. The van der Waals surface area contributed by atoms with Crippen LogP contribution < -0.4 is 5.32 Å². The van der Waals surface area contributed by atoms with E-state index in [1.54, 1.807) is 13.0 Å². The third-order valence-corrected chi connectivity index (χ3v) is 3.32. The van der Waals surface area contributed by atoms with Crippen molar-refractivity contribution in [2.45, 2.75) is 33.4 Å². The van der Waals surface area contributed by atoms with Crippen LogP contribution in [0.3, 0.4) is 0 Å². The largest absolute Gasteiger partial charge is 0.478 e. The molecule has 0 aliphatic carbocycles. The predicted molar refractivity (Wildman–Crippen MR) is 76.8 cm³/mol. The number of carbonyl (C=O) groups is 1. The molecule has 1 aromatic heterocycles. The molecule has 0 aliphatic rings. The van der Waals surface area contributed by atoms with E-state index in [1.807, 2.05) is 6.07 Å². The molecule has 1 atom stereocenters. The van der Waals surface area contributed by atoms with E-state index in [-0.39, 0.29) is 11.6 Å². The third-order valence-electron chi connectivity index (χ3n) is 3.32. The average Bonchev–Trinajstić information content (AvgIpc) is 2.77. The predicted octanol–water partition coefficient (Wildman–Crippen LogP) is 3.45. The first kappa shape index (κ1) is 14.3. The van der Waals surface area contributed by atoms with Gasteiger partial charge in [-0.15, -0.1) is 0 Å². The fraction of sp³-hybridized carbons (Fsp3) is 0.312. The quantitative estimate of drug-likeness (QED) is 0.876. The molecule has 4 nitrogen and oxygen atoms in total. The second kappa shape index (κ2) is 5.92. The molecule has 106 valence electrons. The zero-order valence-corrected chi connectivity index (χ0v) is 11.9. The lowest BCUT2D eigenvalue weighted by atomic mass is 10.1. The summed E-state index contributed by atoms with van der Waals surface area (Å²) < 4.78 is 5.44. The van der Waals surface area contributed by atoms with Crippen molar-refractivity contribution in [3.63, 3.8) is 0 Å². The summed E-state index contributed by atoms with van der Waals surface area (Å²) in [6, 6.07) is 10.0. The number of furan rings is 1. The van der Waals surface area contributed by atoms with Crippen molar-refractivity contribution >= 4 is 5.97 Å². The molecular weight excluding hydrogens is 254 g/mol. The maximum absolute atomic E-state index is 11.0. The van der Waals surface area contributed by atoms with Crippen LogP contribution in [0.15, 0.2) is 34.7 Å². The number of carboxylic acid groups (broad SMARTS) is 1. The summed E-state index contributed by atoms with van der Waals surface area (Å²) in [5, 5.41) is 12.3. The van der Waals surface area contributed by atoms with Crippen molar-refractivity contribution < 1.29 is 14.3 Å². The minimum atomic E-state index is -0.954. The van der Waals surface area contributed by atoms with Crippen molar-refractivity contribution in [3.05, 3.63) is 58.5 Å². The molecule has 0 unspecified atom stereocenters. The van der Waals surface area contributed by atoms with Crippen LogP contribution in [0, 0.1) is 13.8 Å². The normalized spacial score (nSPS) is 12.3. The average molecular weight is 273 g/mol. The molecule has 0 fully saturated rings. The standard InChI is InChI=1S/C16H19NO3/c1-10-5-4-6-13(7-10)11(2)17-9-14-8-15(16(18)19)12(3)20-14/h4-8,11,17H,9H2,1-3H3,(H,18,19)/t11-/m1/s1. The molecule has 0 saturated carbocycles. The van der Waals surface area contributed by atoms with Gasteiger partial charge in [0.15, 0.2) is 0 Å². The number of aromatic carboxylic acids is 1. The molecule has 0 radical (unpaired) electrons. The zero-order valence-electron chi connectivity index (χ0n) is 11.9. The number of aryl methyl sites for hydroxylation is 2. The van der Waals surface area contributed by atoms with E-state index in [4.69, 9.17) is 9.52 Å². The summed E-state index contributed by atoms with van der Waals surface area (Å²) in [6.07, 6.45) is 0. The molecule has 1 heterocycles. The smallest absolute Gasteiger partial charge is 0.339 e. The molecule has 0 spiro atoms. The number of rotatable bonds is 5. The minimum Gasteiger partial charge on any atom is -0.478 e. The summed E-state index contributed by atoms with van der Waals surface area (Å²) in [7, 11) is 0. The van der Waals surface area contributed by atoms with Crippen LogP contribution in [0.2, 0.25) is 0 Å². The zero-order chi connectivity index (χ0) is 14.7. The first-order valence-corrected chi connectivity index (χ1v) is 6.60. The topological polar surface area (TPSA) is 62.5 Å². The van der Waals surface area contributed by atoms with Crippen LogP contribution in [-0.4, -0.2) is 11.1 Å². The molecule has 2 N–H and O–H groups in total. The Kier molecular flexibility index (Phi) is 4.25. The second-order valence-corrected chi connectivity index (χ2v) is 5.00. The highest BCUT2D eigenvalue weighted by Gasteiger charge is 2.14. The van der Waals surface area contributed by atoms with Crippen LogP contribution >= 0.6 is 0 Å². The molecule has 0 amide bonds. The first-order valence-electron chi connectivity index (χ1n) is 6.60. The molecule has 4 heteroatoms. The number of hydrogen-bond acceptors (Lipinski definition) is 3. The van der Waals surface area contributed by atoms with E-state index < -0.39 is 5.97 Å². The van der Waals surface area contributed by atoms with E-state index in [0.29, 0.717) is 18.1 Å². The van der Waals surface area contributed by atoms with Gasteiger partial charge in [0.05, 0.1) is 6.54 Å². The van der Waals surface area contributed by atoms with Crippen molar-refractivity contribution in [2.75, 3.05) is 0 Å². The van der Waals surface area contributed by atoms with E-state index in [2.05, 4.69) is 37.4 Å². The highest BCUT2D eigenvalue weighted by Crippen LogP contribution is 2.17. The summed E-state index contributed by atoms with van der Waals surface area (Å²) in [5.74, 6) is 0.126. The summed E-state index contributed by atoms with van der Waals surface area (Å²) in [6.45, 7) is 6.30. The number of nitrogens with one attached hydrogen (secondary N) is 1. The van der Waals surface area contributed by atoms with E-state index >= 15 is 0 Å². The Morgan fingerprint density at radius 1 is 1.35 bits per heavy atom. The summed E-state index contributed by atoms with van der Waals surface area (Å²) in [4.78, 5) is 11.0. The Balaban J connectivity index is 2.01. The second-order valence-electron chi connectivity index (χ2n) is 5.00. The van der Waals surface area contributed by atoms with Crippen molar-refractivity contribution in [3.8, 4) is 0 Å². The Bertz CT molecular complexity index is 616. The Morgan fingerprint density at radius 2 is 2.10 bits per heavy atom. The van der Waals surface area contributed by atoms with Crippen LogP contribution in [0.5, 0.6) is 0 Å². The van der Waals surface area contributed by atoms with Gasteiger partial charge in [0.1, 0.15) is 17.1 Å².